The van der Waals surface area contributed by atoms with Gasteiger partial charge in [-0.3, -0.25) is 0 Å². The molecule has 1 aliphatic rings. The van der Waals surface area contributed by atoms with E-state index < -0.39 is 12.2 Å². The van der Waals surface area contributed by atoms with Crippen LogP contribution in [0, 0.1) is 17.8 Å². The second-order valence-corrected chi connectivity index (χ2v) is 2.26. The van der Waals surface area contributed by atoms with Gasteiger partial charge in [-0.2, -0.15) is 0 Å². The largest absolute Gasteiger partial charge is 0.384 e. The summed E-state index contributed by atoms with van der Waals surface area (Å²) >= 11 is 0. The predicted molar refractivity (Wildman–Crippen MR) is 43.4 cm³/mol. The van der Waals surface area contributed by atoms with Crippen LogP contribution < -0.4 is 11.1 Å². The molecule has 0 saturated carbocycles. The van der Waals surface area contributed by atoms with E-state index in [4.69, 9.17) is 10.8 Å². The van der Waals surface area contributed by atoms with Crippen LogP contribution in [0.3, 0.4) is 0 Å². The van der Waals surface area contributed by atoms with Crippen molar-refractivity contribution in [3.8, 4) is 11.8 Å². The maximum absolute atomic E-state index is 10.6. The van der Waals surface area contributed by atoms with E-state index in [2.05, 4.69) is 22.2 Å². The van der Waals surface area contributed by atoms with Gasteiger partial charge in [-0.05, 0) is 0 Å². The lowest BCUT2D eigenvalue weighted by molar-refractivity contribution is 0.243. The van der Waals surface area contributed by atoms with E-state index in [0.717, 1.165) is 0 Å². The van der Waals surface area contributed by atoms with Gasteiger partial charge in [-0.1, -0.05) is 11.8 Å². The molecule has 0 aromatic rings. The van der Waals surface area contributed by atoms with Crippen molar-refractivity contribution in [2.45, 2.75) is 6.17 Å². The van der Waals surface area contributed by atoms with Crippen LogP contribution in [-0.2, 0) is 0 Å². The number of carbonyl (C=O) groups excluding carboxylic acids is 1. The van der Waals surface area contributed by atoms with Crippen LogP contribution >= 0.6 is 0 Å². The number of carbonyl (C=O) groups is 1. The van der Waals surface area contributed by atoms with E-state index in [-0.39, 0.29) is 12.5 Å². The molecule has 0 radical (unpaired) electrons. The van der Waals surface area contributed by atoms with Gasteiger partial charge in [0.1, 0.15) is 6.61 Å². The maximum atomic E-state index is 10.6. The van der Waals surface area contributed by atoms with Gasteiger partial charge < -0.3 is 16.2 Å². The monoisotopic (exact) mass is 167 g/mol. The molecule has 0 bridgehead atoms. The third kappa shape index (κ3) is 2.05. The summed E-state index contributed by atoms with van der Waals surface area (Å²) in [6.07, 6.45) is 0.848. The minimum absolute atomic E-state index is 0.217. The molecular formula is C7H9N3O2. The normalized spacial score (nSPS) is 27.3. The van der Waals surface area contributed by atoms with Crippen molar-refractivity contribution in [1.82, 2.24) is 5.32 Å². The van der Waals surface area contributed by atoms with E-state index in [1.807, 2.05) is 0 Å². The smallest absolute Gasteiger partial charge is 0.341 e. The van der Waals surface area contributed by atoms with Crippen molar-refractivity contribution in [3.63, 3.8) is 0 Å². The van der Waals surface area contributed by atoms with Crippen molar-refractivity contribution in [2.75, 3.05) is 6.61 Å². The fourth-order valence-electron chi connectivity index (χ4n) is 0.801. The summed E-state index contributed by atoms with van der Waals surface area (Å²) in [6.45, 7) is -0.217. The number of nitrogens with two attached hydrogens (primary N) is 1. The molecule has 1 rings (SSSR count). The molecule has 0 aromatic heterocycles. The highest BCUT2D eigenvalue weighted by molar-refractivity contribution is 5.88. The molecule has 4 N–H and O–H groups in total. The van der Waals surface area contributed by atoms with Crippen molar-refractivity contribution in [1.29, 1.82) is 0 Å². The molecule has 5 nitrogen and oxygen atoms in total. The minimum atomic E-state index is -0.533. The molecule has 12 heavy (non-hydrogen) atoms. The van der Waals surface area contributed by atoms with Crippen LogP contribution in [0.25, 0.3) is 0 Å². The average molecular weight is 167 g/mol. The number of aliphatic imine (C=N–C) groups is 1. The van der Waals surface area contributed by atoms with Crippen molar-refractivity contribution >= 4 is 12.2 Å². The summed E-state index contributed by atoms with van der Waals surface area (Å²) in [5, 5.41) is 10.8. The SMILES string of the molecule is NC1NC(=O)N=CC1C#CCO. The topological polar surface area (TPSA) is 87.7 Å². The van der Waals surface area contributed by atoms with Crippen molar-refractivity contribution < 1.29 is 9.90 Å². The van der Waals surface area contributed by atoms with Crippen LogP contribution in [0.4, 0.5) is 4.79 Å². The van der Waals surface area contributed by atoms with Crippen LogP contribution in [0.2, 0.25) is 0 Å². The zero-order valence-corrected chi connectivity index (χ0v) is 6.32. The maximum Gasteiger partial charge on any atom is 0.341 e. The molecule has 0 aromatic carbocycles. The molecule has 2 unspecified atom stereocenters. The summed E-state index contributed by atoms with van der Waals surface area (Å²) in [6, 6.07) is -0.454. The van der Waals surface area contributed by atoms with Crippen LogP contribution in [-0.4, -0.2) is 30.1 Å². The molecule has 64 valence electrons. The molecule has 0 saturated heterocycles. The number of rotatable bonds is 0. The summed E-state index contributed by atoms with van der Waals surface area (Å²) in [5.41, 5.74) is 5.50. The molecule has 2 atom stereocenters. The van der Waals surface area contributed by atoms with Crippen LogP contribution in [0.1, 0.15) is 0 Å². The Labute approximate surface area is 69.7 Å². The molecule has 0 fully saturated rings. The lowest BCUT2D eigenvalue weighted by Crippen LogP contribution is -2.49. The summed E-state index contributed by atoms with van der Waals surface area (Å²) in [7, 11) is 0. The Balaban J connectivity index is 2.66. The van der Waals surface area contributed by atoms with E-state index in [1.54, 1.807) is 0 Å². The van der Waals surface area contributed by atoms with Crippen molar-refractivity contribution in [2.24, 2.45) is 16.6 Å². The van der Waals surface area contributed by atoms with Gasteiger partial charge in [0.2, 0.25) is 0 Å². The number of urea groups is 1. The van der Waals surface area contributed by atoms with E-state index in [9.17, 15) is 4.79 Å². The lowest BCUT2D eigenvalue weighted by atomic mass is 10.1. The zero-order valence-electron chi connectivity index (χ0n) is 6.32. The molecular weight excluding hydrogens is 158 g/mol. The van der Waals surface area contributed by atoms with Crippen LogP contribution in [0.15, 0.2) is 4.99 Å². The standard InChI is InChI=1S/C7H9N3O2/c8-6-5(2-1-3-11)4-9-7(12)10-6/h4-6,11H,3,8H2,(H,10,12). The van der Waals surface area contributed by atoms with Gasteiger partial charge in [-0.15, -0.1) is 0 Å². The fourth-order valence-corrected chi connectivity index (χ4v) is 0.801. The third-order valence-electron chi connectivity index (χ3n) is 1.38. The third-order valence-corrected chi connectivity index (χ3v) is 1.38. The Morgan fingerprint density at radius 1 is 1.83 bits per heavy atom. The molecule has 0 aliphatic carbocycles. The van der Waals surface area contributed by atoms with Gasteiger partial charge in [0.25, 0.3) is 0 Å². The Kier molecular flexibility index (Phi) is 2.80. The molecule has 1 heterocycles. The highest BCUT2D eigenvalue weighted by atomic mass is 16.2. The first-order chi connectivity index (χ1) is 5.74. The summed E-state index contributed by atoms with van der Waals surface area (Å²) in [4.78, 5) is 14.1. The number of nitrogens with one attached hydrogen (secondary N) is 1. The number of nitrogens with zero attached hydrogens (tertiary/aromatic N) is 1. The Hall–Kier alpha value is -1.38. The first-order valence-electron chi connectivity index (χ1n) is 3.43. The predicted octanol–water partition coefficient (Wildman–Crippen LogP) is -1.32. The highest BCUT2D eigenvalue weighted by Crippen LogP contribution is 1.99. The van der Waals surface area contributed by atoms with E-state index in [1.165, 1.54) is 6.21 Å². The van der Waals surface area contributed by atoms with Gasteiger partial charge in [-0.25, -0.2) is 9.79 Å². The quantitative estimate of drug-likeness (QED) is 0.391. The van der Waals surface area contributed by atoms with Crippen LogP contribution in [0.5, 0.6) is 0 Å². The number of amides is 2. The van der Waals surface area contributed by atoms with Gasteiger partial charge in [0, 0.05) is 6.21 Å². The molecule has 1 aliphatic heterocycles. The van der Waals surface area contributed by atoms with E-state index in [0.29, 0.717) is 0 Å². The number of hydrogen-bond donors (Lipinski definition) is 3. The van der Waals surface area contributed by atoms with Gasteiger partial charge in [0.15, 0.2) is 0 Å². The fraction of sp³-hybridized carbons (Fsp3) is 0.429. The van der Waals surface area contributed by atoms with Crippen molar-refractivity contribution in [3.05, 3.63) is 0 Å². The second-order valence-electron chi connectivity index (χ2n) is 2.26. The van der Waals surface area contributed by atoms with Gasteiger partial charge >= 0.3 is 6.03 Å². The van der Waals surface area contributed by atoms with E-state index >= 15 is 0 Å². The zero-order chi connectivity index (χ0) is 8.97. The molecule has 5 heteroatoms. The summed E-state index contributed by atoms with van der Waals surface area (Å²) < 4.78 is 0. The Morgan fingerprint density at radius 3 is 3.17 bits per heavy atom. The Bertz CT molecular complexity index is 264. The molecule has 0 spiro atoms. The number of aliphatic hydroxyl groups is 1. The average Bonchev–Trinajstić information content (AvgIpc) is 2.03. The first kappa shape index (κ1) is 8.71. The minimum Gasteiger partial charge on any atom is -0.384 e. The highest BCUT2D eigenvalue weighted by Gasteiger charge is 2.19. The molecule has 2 amide bonds. The van der Waals surface area contributed by atoms with Gasteiger partial charge in [0.05, 0.1) is 12.1 Å². The number of aliphatic hydroxyl groups excluding tert-OH is 1. The summed E-state index contributed by atoms with van der Waals surface area (Å²) in [5.74, 6) is 4.79. The second kappa shape index (κ2) is 3.85. The number of hydrogen-bond acceptors (Lipinski definition) is 3. The lowest BCUT2D eigenvalue weighted by Gasteiger charge is -2.19. The Morgan fingerprint density at radius 2 is 2.58 bits per heavy atom. The first-order valence-corrected chi connectivity index (χ1v) is 3.43.